The minimum Gasteiger partial charge on any atom is -0.352 e. The molecule has 1 fully saturated rings. The molecule has 0 saturated heterocycles. The van der Waals surface area contributed by atoms with E-state index in [0.717, 1.165) is 59.4 Å². The molecule has 43 heavy (non-hydrogen) atoms. The number of nitrogens with one attached hydrogen (secondary N) is 1. The van der Waals surface area contributed by atoms with E-state index in [-0.39, 0.29) is 45.7 Å². The molecule has 1 N–H and O–H groups in total. The molecule has 1 aliphatic carbocycles. The number of rotatable bonds is 11. The summed E-state index contributed by atoms with van der Waals surface area (Å²) in [4.78, 5) is 29.8. The van der Waals surface area contributed by atoms with E-state index in [1.54, 1.807) is 0 Å². The number of aryl methyl sites for hydroxylation is 1. The lowest BCUT2D eigenvalue weighted by atomic mass is 9.94. The minimum atomic E-state index is -4.01. The molecule has 2 amide bonds. The van der Waals surface area contributed by atoms with Crippen LogP contribution in [0.1, 0.15) is 48.8 Å². The maximum Gasteiger partial charge on any atom is 0.244 e. The summed E-state index contributed by atoms with van der Waals surface area (Å²) < 4.78 is 27.0. The smallest absolute Gasteiger partial charge is 0.244 e. The summed E-state index contributed by atoms with van der Waals surface area (Å²) >= 11 is 18.7. The lowest BCUT2D eigenvalue weighted by Gasteiger charge is -2.35. The van der Waals surface area contributed by atoms with E-state index in [4.69, 9.17) is 34.8 Å². The van der Waals surface area contributed by atoms with E-state index >= 15 is 0 Å². The summed E-state index contributed by atoms with van der Waals surface area (Å²) in [6.07, 6.45) is 6.21. The Morgan fingerprint density at radius 3 is 2.14 bits per heavy atom. The first-order valence-corrected chi connectivity index (χ1v) is 17.2. The standard InChI is InChI=1S/C32H36Cl3N3O4S/c1-22-13-15-24(16-14-22)20-37(31(39)21-38(43(2,41)42)29-19-27(34)26(33)18-28(29)35)30(17-23-9-5-3-6-10-23)32(40)36-25-11-7-4-8-12-25/h3,5-6,9-10,13-16,18-19,25,30H,4,7-8,11-12,17,20-21H2,1-2H3,(H,36,40)/t30-/m1/s1. The van der Waals surface area contributed by atoms with Crippen molar-refractivity contribution in [2.24, 2.45) is 0 Å². The van der Waals surface area contributed by atoms with Crippen molar-refractivity contribution in [3.05, 3.63) is 98.5 Å². The molecule has 0 radical (unpaired) electrons. The van der Waals surface area contributed by atoms with Gasteiger partial charge in [-0.05, 0) is 43.0 Å². The van der Waals surface area contributed by atoms with Crippen LogP contribution in [0.15, 0.2) is 66.7 Å². The number of anilines is 1. The summed E-state index contributed by atoms with van der Waals surface area (Å²) in [5, 5.41) is 3.45. The molecule has 230 valence electrons. The Morgan fingerprint density at radius 1 is 0.884 bits per heavy atom. The van der Waals surface area contributed by atoms with E-state index in [2.05, 4.69) is 5.32 Å². The van der Waals surface area contributed by atoms with Crippen molar-refractivity contribution < 1.29 is 18.0 Å². The highest BCUT2D eigenvalue weighted by Crippen LogP contribution is 2.35. The van der Waals surface area contributed by atoms with Gasteiger partial charge in [0.05, 0.1) is 27.0 Å². The summed E-state index contributed by atoms with van der Waals surface area (Å²) in [5.41, 5.74) is 2.75. The molecule has 4 rings (SSSR count). The molecule has 1 atom stereocenters. The molecule has 0 aliphatic heterocycles. The number of hydrogen-bond acceptors (Lipinski definition) is 4. The summed E-state index contributed by atoms with van der Waals surface area (Å²) in [7, 11) is -4.01. The van der Waals surface area contributed by atoms with Crippen LogP contribution >= 0.6 is 34.8 Å². The predicted molar refractivity (Wildman–Crippen MR) is 174 cm³/mol. The van der Waals surface area contributed by atoms with Crippen LogP contribution in [0.25, 0.3) is 0 Å². The first kappa shape index (κ1) is 33.1. The average molecular weight is 665 g/mol. The fraction of sp³-hybridized carbons (Fsp3) is 0.375. The van der Waals surface area contributed by atoms with Gasteiger partial charge in [-0.2, -0.15) is 0 Å². The second-order valence-corrected chi connectivity index (χ2v) is 14.2. The van der Waals surface area contributed by atoms with Crippen molar-refractivity contribution in [2.45, 2.75) is 64.1 Å². The number of carbonyl (C=O) groups excluding carboxylic acids is 2. The molecule has 7 nitrogen and oxygen atoms in total. The highest BCUT2D eigenvalue weighted by Gasteiger charge is 2.34. The lowest BCUT2D eigenvalue weighted by molar-refractivity contribution is -0.140. The first-order valence-electron chi connectivity index (χ1n) is 14.2. The van der Waals surface area contributed by atoms with Gasteiger partial charge < -0.3 is 10.2 Å². The summed E-state index contributed by atoms with van der Waals surface area (Å²) in [5.74, 6) is -0.831. The highest BCUT2D eigenvalue weighted by molar-refractivity contribution is 7.92. The Labute approximate surface area is 269 Å². The van der Waals surface area contributed by atoms with E-state index in [1.165, 1.54) is 17.0 Å². The van der Waals surface area contributed by atoms with Gasteiger partial charge in [0.2, 0.25) is 21.8 Å². The van der Waals surface area contributed by atoms with Crippen molar-refractivity contribution in [2.75, 3.05) is 17.1 Å². The summed E-state index contributed by atoms with van der Waals surface area (Å²) in [6.45, 7) is 1.47. The zero-order chi connectivity index (χ0) is 31.1. The lowest BCUT2D eigenvalue weighted by Crippen LogP contribution is -2.55. The average Bonchev–Trinajstić information content (AvgIpc) is 2.97. The minimum absolute atomic E-state index is 0.0217. The number of amides is 2. The fourth-order valence-corrected chi connectivity index (χ4v) is 6.83. The van der Waals surface area contributed by atoms with Crippen LogP contribution in [0.4, 0.5) is 5.69 Å². The molecular formula is C32H36Cl3N3O4S. The van der Waals surface area contributed by atoms with Gasteiger partial charge in [0.15, 0.2) is 0 Å². The predicted octanol–water partition coefficient (Wildman–Crippen LogP) is 6.81. The van der Waals surface area contributed by atoms with Gasteiger partial charge in [0.25, 0.3) is 0 Å². The summed E-state index contributed by atoms with van der Waals surface area (Å²) in [6, 6.07) is 18.9. The molecule has 0 heterocycles. The van der Waals surface area contributed by atoms with Crippen molar-refractivity contribution in [3.63, 3.8) is 0 Å². The third kappa shape index (κ3) is 9.11. The normalized spacial score (nSPS) is 14.6. The zero-order valence-corrected chi connectivity index (χ0v) is 27.3. The molecule has 1 saturated carbocycles. The number of benzene rings is 3. The highest BCUT2D eigenvalue weighted by atomic mass is 35.5. The molecule has 0 aromatic heterocycles. The van der Waals surface area contributed by atoms with Crippen LogP contribution in [-0.2, 0) is 32.6 Å². The SMILES string of the molecule is Cc1ccc(CN(C(=O)CN(c2cc(Cl)c(Cl)cc2Cl)S(C)(=O)=O)[C@H](Cc2ccccc2)C(=O)NC2CCCCC2)cc1. The number of carbonyl (C=O) groups is 2. The molecule has 0 bridgehead atoms. The first-order chi connectivity index (χ1) is 20.4. The fourth-order valence-electron chi connectivity index (χ4n) is 5.29. The van der Waals surface area contributed by atoms with Crippen molar-refractivity contribution >= 4 is 62.3 Å². The molecule has 3 aromatic carbocycles. The molecule has 0 unspecified atom stereocenters. The van der Waals surface area contributed by atoms with Gasteiger partial charge in [-0.3, -0.25) is 13.9 Å². The van der Waals surface area contributed by atoms with Crippen molar-refractivity contribution in [1.29, 1.82) is 0 Å². The van der Waals surface area contributed by atoms with Gasteiger partial charge in [0.1, 0.15) is 12.6 Å². The number of nitrogens with zero attached hydrogens (tertiary/aromatic N) is 2. The quantitative estimate of drug-likeness (QED) is 0.228. The third-order valence-electron chi connectivity index (χ3n) is 7.63. The second kappa shape index (κ2) is 14.8. The molecule has 0 spiro atoms. The molecular weight excluding hydrogens is 629 g/mol. The Bertz CT molecular complexity index is 1530. The zero-order valence-electron chi connectivity index (χ0n) is 24.2. The van der Waals surface area contributed by atoms with Crippen LogP contribution in [-0.4, -0.2) is 50.0 Å². The van der Waals surface area contributed by atoms with Crippen LogP contribution in [0, 0.1) is 6.92 Å². The Balaban J connectivity index is 1.74. The van der Waals surface area contributed by atoms with Gasteiger partial charge in [-0.15, -0.1) is 0 Å². The van der Waals surface area contributed by atoms with Crippen LogP contribution in [0.5, 0.6) is 0 Å². The second-order valence-electron chi connectivity index (χ2n) is 11.0. The van der Waals surface area contributed by atoms with Crippen LogP contribution < -0.4 is 9.62 Å². The number of sulfonamides is 1. The largest absolute Gasteiger partial charge is 0.352 e. The maximum atomic E-state index is 14.3. The van der Waals surface area contributed by atoms with E-state index in [1.807, 2.05) is 61.5 Å². The van der Waals surface area contributed by atoms with E-state index in [9.17, 15) is 18.0 Å². The Morgan fingerprint density at radius 2 is 1.51 bits per heavy atom. The van der Waals surface area contributed by atoms with E-state index in [0.29, 0.717) is 0 Å². The topological polar surface area (TPSA) is 86.8 Å². The van der Waals surface area contributed by atoms with Crippen LogP contribution in [0.3, 0.4) is 0 Å². The number of hydrogen-bond donors (Lipinski definition) is 1. The van der Waals surface area contributed by atoms with E-state index < -0.39 is 28.5 Å². The molecule has 1 aliphatic rings. The van der Waals surface area contributed by atoms with Gasteiger partial charge in [-0.25, -0.2) is 8.42 Å². The number of halogens is 3. The maximum absolute atomic E-state index is 14.3. The van der Waals surface area contributed by atoms with Gasteiger partial charge in [-0.1, -0.05) is 114 Å². The van der Waals surface area contributed by atoms with Crippen molar-refractivity contribution in [1.82, 2.24) is 10.2 Å². The molecule has 11 heteroatoms. The molecule has 3 aromatic rings. The Kier molecular flexibility index (Phi) is 11.4. The Hall–Kier alpha value is -2.78. The third-order valence-corrected chi connectivity index (χ3v) is 9.79. The van der Waals surface area contributed by atoms with Crippen molar-refractivity contribution in [3.8, 4) is 0 Å². The van der Waals surface area contributed by atoms with Gasteiger partial charge in [0, 0.05) is 19.0 Å². The monoisotopic (exact) mass is 663 g/mol. The van der Waals surface area contributed by atoms with Gasteiger partial charge >= 0.3 is 0 Å². The van der Waals surface area contributed by atoms with Crippen LogP contribution in [0.2, 0.25) is 15.1 Å².